The number of H-pyrrole nitrogens is 1. The molecule has 11 nitrogen and oxygen atoms in total. The lowest BCUT2D eigenvalue weighted by atomic mass is 10.1. The van der Waals surface area contributed by atoms with Crippen molar-refractivity contribution in [2.45, 2.75) is 13.0 Å². The molecule has 0 fully saturated rings. The predicted molar refractivity (Wildman–Crippen MR) is 131 cm³/mol. The SMILES string of the molecule is CN(c1ncccc1CNc1nc(Nc2ccc3c(c2)CC(=O)N3)nc2[nH]ccc12)S(C)(=O)=O. The Hall–Kier alpha value is -4.19. The molecule has 1 amide bonds. The van der Waals surface area contributed by atoms with E-state index in [0.29, 0.717) is 41.8 Å². The van der Waals surface area contributed by atoms with Crippen LogP contribution < -0.4 is 20.3 Å². The molecule has 0 atom stereocenters. The van der Waals surface area contributed by atoms with E-state index in [9.17, 15) is 13.2 Å². The number of nitrogens with one attached hydrogen (secondary N) is 4. The van der Waals surface area contributed by atoms with E-state index < -0.39 is 10.0 Å². The molecule has 4 N–H and O–H groups in total. The normalized spacial score (nSPS) is 12.9. The molecule has 0 saturated carbocycles. The average Bonchev–Trinajstić information content (AvgIpc) is 3.41. The Bertz CT molecular complexity index is 1520. The standard InChI is InChI=1S/C22H22N8O3S/c1-30(34(2,32)33)21-13(4-3-8-24-21)12-25-20-16-7-9-23-19(16)28-22(29-20)26-15-5-6-17-14(10-15)11-18(31)27-17/h3-10H,11-12H2,1-2H3,(H,27,31)(H3,23,25,26,28,29). The van der Waals surface area contributed by atoms with Gasteiger partial charge in [0.15, 0.2) is 0 Å². The first-order valence-electron chi connectivity index (χ1n) is 10.4. The lowest BCUT2D eigenvalue weighted by Gasteiger charge is -2.19. The van der Waals surface area contributed by atoms with E-state index in [1.807, 2.05) is 30.3 Å². The van der Waals surface area contributed by atoms with E-state index in [1.165, 1.54) is 7.05 Å². The first-order chi connectivity index (χ1) is 16.3. The zero-order valence-corrected chi connectivity index (χ0v) is 19.3. The van der Waals surface area contributed by atoms with Crippen LogP contribution in [-0.4, -0.2) is 47.6 Å². The van der Waals surface area contributed by atoms with E-state index in [1.54, 1.807) is 18.5 Å². The molecule has 0 saturated heterocycles. The molecule has 5 rings (SSSR count). The Labute approximate surface area is 195 Å². The van der Waals surface area contributed by atoms with Crippen molar-refractivity contribution >= 4 is 55.9 Å². The number of aromatic nitrogens is 4. The number of hydrogen-bond donors (Lipinski definition) is 4. The second-order valence-electron chi connectivity index (χ2n) is 7.93. The van der Waals surface area contributed by atoms with Gasteiger partial charge < -0.3 is 20.9 Å². The number of fused-ring (bicyclic) bond motifs is 2. The Balaban J connectivity index is 1.42. The van der Waals surface area contributed by atoms with Crippen LogP contribution in [-0.2, 0) is 27.8 Å². The quantitative estimate of drug-likeness (QED) is 0.317. The number of benzene rings is 1. The van der Waals surface area contributed by atoms with Gasteiger partial charge in [-0.3, -0.25) is 9.10 Å². The fourth-order valence-corrected chi connectivity index (χ4v) is 4.23. The maximum Gasteiger partial charge on any atom is 0.233 e. The summed E-state index contributed by atoms with van der Waals surface area (Å²) >= 11 is 0. The van der Waals surface area contributed by atoms with Gasteiger partial charge in [0.1, 0.15) is 17.3 Å². The Morgan fingerprint density at radius 3 is 2.85 bits per heavy atom. The second-order valence-corrected chi connectivity index (χ2v) is 9.94. The van der Waals surface area contributed by atoms with Crippen LogP contribution in [0, 0.1) is 0 Å². The van der Waals surface area contributed by atoms with Crippen LogP contribution in [0.15, 0.2) is 48.8 Å². The zero-order chi connectivity index (χ0) is 23.9. The van der Waals surface area contributed by atoms with Gasteiger partial charge in [0.25, 0.3) is 0 Å². The number of rotatable bonds is 7. The van der Waals surface area contributed by atoms with Crippen LogP contribution in [0.2, 0.25) is 0 Å². The zero-order valence-electron chi connectivity index (χ0n) is 18.5. The largest absolute Gasteiger partial charge is 0.365 e. The van der Waals surface area contributed by atoms with Crippen LogP contribution in [0.3, 0.4) is 0 Å². The predicted octanol–water partition coefficient (Wildman–Crippen LogP) is 2.60. The van der Waals surface area contributed by atoms with Crippen molar-refractivity contribution in [3.8, 4) is 0 Å². The molecule has 1 aromatic carbocycles. The highest BCUT2D eigenvalue weighted by molar-refractivity contribution is 7.92. The first-order valence-corrected chi connectivity index (χ1v) is 12.3. The summed E-state index contributed by atoms with van der Waals surface area (Å²) in [6.45, 7) is 0.298. The van der Waals surface area contributed by atoms with Gasteiger partial charge >= 0.3 is 0 Å². The van der Waals surface area contributed by atoms with Gasteiger partial charge in [-0.15, -0.1) is 0 Å². The number of carbonyl (C=O) groups excluding carboxylic acids is 1. The van der Waals surface area contributed by atoms with Crippen molar-refractivity contribution in [3.05, 3.63) is 59.9 Å². The molecule has 12 heteroatoms. The van der Waals surface area contributed by atoms with Crippen molar-refractivity contribution in [2.75, 3.05) is 33.6 Å². The summed E-state index contributed by atoms with van der Waals surface area (Å²) in [7, 11) is -1.99. The summed E-state index contributed by atoms with van der Waals surface area (Å²) in [6.07, 6.45) is 4.80. The van der Waals surface area contributed by atoms with Gasteiger partial charge in [-0.2, -0.15) is 9.97 Å². The maximum absolute atomic E-state index is 12.0. The summed E-state index contributed by atoms with van der Waals surface area (Å²) in [6, 6.07) is 11.0. The molecular formula is C22H22N8O3S. The van der Waals surface area contributed by atoms with E-state index in [0.717, 1.165) is 32.9 Å². The van der Waals surface area contributed by atoms with Crippen molar-refractivity contribution in [3.63, 3.8) is 0 Å². The summed E-state index contributed by atoms with van der Waals surface area (Å²) in [5.41, 5.74) is 3.82. The number of anilines is 5. The van der Waals surface area contributed by atoms with Crippen LogP contribution in [0.5, 0.6) is 0 Å². The van der Waals surface area contributed by atoms with Crippen molar-refractivity contribution in [1.82, 2.24) is 19.9 Å². The molecule has 34 heavy (non-hydrogen) atoms. The maximum atomic E-state index is 12.0. The van der Waals surface area contributed by atoms with Gasteiger partial charge in [-0.25, -0.2) is 13.4 Å². The van der Waals surface area contributed by atoms with Gasteiger partial charge in [0.2, 0.25) is 21.9 Å². The van der Waals surface area contributed by atoms with Gasteiger partial charge in [-0.1, -0.05) is 6.07 Å². The molecule has 3 aromatic heterocycles. The third kappa shape index (κ3) is 4.22. The lowest BCUT2D eigenvalue weighted by Crippen LogP contribution is -2.27. The Kier molecular flexibility index (Phi) is 5.28. The Morgan fingerprint density at radius 1 is 1.18 bits per heavy atom. The second kappa shape index (κ2) is 8.30. The van der Waals surface area contributed by atoms with Gasteiger partial charge in [-0.05, 0) is 35.9 Å². The first kappa shape index (κ1) is 21.6. The third-order valence-corrected chi connectivity index (χ3v) is 6.68. The molecule has 0 aliphatic carbocycles. The Morgan fingerprint density at radius 2 is 2.03 bits per heavy atom. The lowest BCUT2D eigenvalue weighted by molar-refractivity contribution is -0.115. The van der Waals surface area contributed by atoms with E-state index in [2.05, 4.69) is 35.9 Å². The summed E-state index contributed by atoms with van der Waals surface area (Å²) in [5, 5.41) is 10.1. The molecule has 0 unspecified atom stereocenters. The number of aromatic amines is 1. The number of nitrogens with zero attached hydrogens (tertiary/aromatic N) is 4. The smallest absolute Gasteiger partial charge is 0.233 e. The van der Waals surface area contributed by atoms with E-state index >= 15 is 0 Å². The molecule has 4 aromatic rings. The fraction of sp³-hybridized carbons (Fsp3) is 0.182. The van der Waals surface area contributed by atoms with Crippen LogP contribution in [0.1, 0.15) is 11.1 Å². The highest BCUT2D eigenvalue weighted by atomic mass is 32.2. The van der Waals surface area contributed by atoms with Crippen molar-refractivity contribution < 1.29 is 13.2 Å². The minimum absolute atomic E-state index is 0.0287. The van der Waals surface area contributed by atoms with Crippen LogP contribution in [0.25, 0.3) is 11.0 Å². The molecule has 0 bridgehead atoms. The molecule has 0 spiro atoms. The highest BCUT2D eigenvalue weighted by Crippen LogP contribution is 2.29. The number of amides is 1. The number of sulfonamides is 1. The minimum Gasteiger partial charge on any atom is -0.365 e. The molecular weight excluding hydrogens is 456 g/mol. The van der Waals surface area contributed by atoms with Gasteiger partial charge in [0, 0.05) is 42.9 Å². The molecule has 1 aliphatic heterocycles. The molecule has 0 radical (unpaired) electrons. The van der Waals surface area contributed by atoms with Crippen LogP contribution >= 0.6 is 0 Å². The topological polar surface area (TPSA) is 145 Å². The summed E-state index contributed by atoms with van der Waals surface area (Å²) in [4.78, 5) is 28.1. The number of hydrogen-bond acceptors (Lipinski definition) is 8. The third-order valence-electron chi connectivity index (χ3n) is 5.51. The molecule has 1 aliphatic rings. The fourth-order valence-electron chi connectivity index (χ4n) is 3.76. The van der Waals surface area contributed by atoms with Crippen LogP contribution in [0.4, 0.5) is 29.0 Å². The summed E-state index contributed by atoms with van der Waals surface area (Å²) in [5.74, 6) is 1.26. The monoisotopic (exact) mass is 478 g/mol. The minimum atomic E-state index is -3.46. The molecule has 4 heterocycles. The highest BCUT2D eigenvalue weighted by Gasteiger charge is 2.19. The van der Waals surface area contributed by atoms with Crippen molar-refractivity contribution in [1.29, 1.82) is 0 Å². The van der Waals surface area contributed by atoms with Crippen molar-refractivity contribution in [2.24, 2.45) is 0 Å². The average molecular weight is 479 g/mol. The van der Waals surface area contributed by atoms with E-state index in [-0.39, 0.29) is 5.91 Å². The number of carbonyl (C=O) groups is 1. The molecule has 174 valence electrons. The summed E-state index contributed by atoms with van der Waals surface area (Å²) < 4.78 is 25.2. The van der Waals surface area contributed by atoms with Gasteiger partial charge in [0.05, 0.1) is 18.1 Å². The van der Waals surface area contributed by atoms with E-state index in [4.69, 9.17) is 0 Å². The number of pyridine rings is 1.